The molecule has 5 nitrogen and oxygen atoms in total. The van der Waals surface area contributed by atoms with Gasteiger partial charge in [0.25, 0.3) is 0 Å². The van der Waals surface area contributed by atoms with Gasteiger partial charge in [-0.05, 0) is 32.9 Å². The summed E-state index contributed by atoms with van der Waals surface area (Å²) in [5, 5.41) is 5.73. The Labute approximate surface area is 101 Å². The summed E-state index contributed by atoms with van der Waals surface area (Å²) in [6.45, 7) is 5.34. The Bertz CT molecular complexity index is 440. The van der Waals surface area contributed by atoms with Gasteiger partial charge in [0.1, 0.15) is 5.82 Å². The number of aromatic nitrogens is 1. The average molecular weight is 234 g/mol. The molecular weight excluding hydrogens is 216 g/mol. The Hall–Kier alpha value is -1.91. The highest BCUT2D eigenvalue weighted by Gasteiger charge is 2.29. The van der Waals surface area contributed by atoms with E-state index in [9.17, 15) is 4.79 Å². The molecule has 0 bridgehead atoms. The molecule has 0 aliphatic heterocycles. The lowest BCUT2D eigenvalue weighted by Gasteiger charge is -2.21. The molecule has 1 aromatic rings. The Balaban J connectivity index is 3.13. The van der Waals surface area contributed by atoms with Crippen LogP contribution < -0.4 is 10.7 Å². The van der Waals surface area contributed by atoms with Gasteiger partial charge in [-0.3, -0.25) is 9.80 Å². The van der Waals surface area contributed by atoms with E-state index in [1.165, 1.54) is 0 Å². The monoisotopic (exact) mass is 234 g/mol. The third-order valence-electron chi connectivity index (χ3n) is 2.61. The normalized spacial score (nSPS) is 11.8. The first-order chi connectivity index (χ1) is 7.89. The van der Waals surface area contributed by atoms with Crippen LogP contribution in [0.3, 0.4) is 0 Å². The third-order valence-corrected chi connectivity index (χ3v) is 2.61. The number of carbonyl (C=O) groups excluding carboxylic acids is 1. The van der Waals surface area contributed by atoms with Crippen molar-refractivity contribution in [3.8, 4) is 0 Å². The molecule has 1 heterocycles. The Kier molecular flexibility index (Phi) is 3.83. The maximum Gasteiger partial charge on any atom is 0.229 e. The summed E-state index contributed by atoms with van der Waals surface area (Å²) in [6.07, 6.45) is 1.67. The van der Waals surface area contributed by atoms with E-state index >= 15 is 0 Å². The van der Waals surface area contributed by atoms with E-state index < -0.39 is 11.3 Å². The van der Waals surface area contributed by atoms with Crippen LogP contribution >= 0.6 is 0 Å². The molecule has 0 unspecified atom stereocenters. The van der Waals surface area contributed by atoms with Crippen molar-refractivity contribution in [2.24, 2.45) is 10.8 Å². The summed E-state index contributed by atoms with van der Waals surface area (Å²) in [7, 11) is 1.80. The zero-order valence-electron chi connectivity index (χ0n) is 10.6. The number of hydrogen-bond donors (Lipinski definition) is 1. The number of nitrogens with zero attached hydrogens (tertiary/aromatic N) is 3. The van der Waals surface area contributed by atoms with E-state index in [2.05, 4.69) is 10.1 Å². The number of anilines is 1. The van der Waals surface area contributed by atoms with Crippen LogP contribution in [0.1, 0.15) is 26.5 Å². The van der Waals surface area contributed by atoms with Crippen molar-refractivity contribution >= 4 is 17.9 Å². The summed E-state index contributed by atoms with van der Waals surface area (Å²) in [4.78, 5) is 15.8. The first-order valence-corrected chi connectivity index (χ1v) is 5.39. The molecule has 0 saturated heterocycles. The molecule has 5 heteroatoms. The minimum atomic E-state index is -0.785. The summed E-state index contributed by atoms with van der Waals surface area (Å²) >= 11 is 0. The number of pyridine rings is 1. The lowest BCUT2D eigenvalue weighted by molar-refractivity contribution is -0.122. The van der Waals surface area contributed by atoms with Crippen LogP contribution in [0.5, 0.6) is 0 Å². The van der Waals surface area contributed by atoms with Gasteiger partial charge in [0, 0.05) is 13.3 Å². The van der Waals surface area contributed by atoms with Gasteiger partial charge < -0.3 is 5.73 Å². The van der Waals surface area contributed by atoms with E-state index in [1.807, 2.05) is 19.1 Å². The predicted molar refractivity (Wildman–Crippen MR) is 69.0 cm³/mol. The van der Waals surface area contributed by atoms with E-state index in [1.54, 1.807) is 38.2 Å². The molecule has 17 heavy (non-hydrogen) atoms. The molecule has 0 aromatic carbocycles. The molecule has 0 radical (unpaired) electrons. The summed E-state index contributed by atoms with van der Waals surface area (Å²) in [5.74, 6) is 0.277. The Morgan fingerprint density at radius 3 is 2.71 bits per heavy atom. The van der Waals surface area contributed by atoms with Crippen LogP contribution in [0.4, 0.5) is 5.82 Å². The molecule has 0 aliphatic rings. The van der Waals surface area contributed by atoms with Gasteiger partial charge in [-0.2, -0.15) is 5.10 Å². The highest BCUT2D eigenvalue weighted by molar-refractivity contribution is 5.85. The minimum absolute atomic E-state index is 0.399. The van der Waals surface area contributed by atoms with E-state index in [0.717, 1.165) is 0 Å². The van der Waals surface area contributed by atoms with Crippen molar-refractivity contribution in [3.63, 3.8) is 0 Å². The highest BCUT2D eigenvalue weighted by atomic mass is 16.1. The van der Waals surface area contributed by atoms with E-state index in [-0.39, 0.29) is 0 Å². The Morgan fingerprint density at radius 1 is 1.53 bits per heavy atom. The molecule has 0 fully saturated rings. The lowest BCUT2D eigenvalue weighted by atomic mass is 9.88. The van der Waals surface area contributed by atoms with Crippen LogP contribution in [0.25, 0.3) is 0 Å². The molecule has 2 N–H and O–H groups in total. The number of primary amides is 1. The zero-order valence-corrected chi connectivity index (χ0v) is 10.6. The SMILES string of the molecule is C/C=N\N(C)c1cccc(C(C)(C)C(N)=O)n1. The van der Waals surface area contributed by atoms with Crippen LogP contribution in [-0.2, 0) is 10.2 Å². The van der Waals surface area contributed by atoms with Gasteiger partial charge in [0.15, 0.2) is 0 Å². The van der Waals surface area contributed by atoms with E-state index in [0.29, 0.717) is 11.5 Å². The van der Waals surface area contributed by atoms with Crippen LogP contribution in [0, 0.1) is 0 Å². The molecule has 0 atom stereocenters. The number of amides is 1. The molecule has 1 aromatic heterocycles. The van der Waals surface area contributed by atoms with Crippen molar-refractivity contribution in [1.82, 2.24) is 4.98 Å². The number of rotatable bonds is 4. The van der Waals surface area contributed by atoms with Crippen molar-refractivity contribution in [3.05, 3.63) is 23.9 Å². The van der Waals surface area contributed by atoms with Crippen molar-refractivity contribution in [2.45, 2.75) is 26.2 Å². The first-order valence-electron chi connectivity index (χ1n) is 5.39. The second-order valence-electron chi connectivity index (χ2n) is 4.27. The predicted octanol–water partition coefficient (Wildman–Crippen LogP) is 1.29. The van der Waals surface area contributed by atoms with Crippen LogP contribution in [0.2, 0.25) is 0 Å². The number of hydrazone groups is 1. The maximum absolute atomic E-state index is 11.4. The summed E-state index contributed by atoms with van der Waals surface area (Å²) in [5.41, 5.74) is 5.22. The number of nitrogens with two attached hydrogens (primary N) is 1. The average Bonchev–Trinajstić information content (AvgIpc) is 2.29. The van der Waals surface area contributed by atoms with Gasteiger partial charge in [0.05, 0.1) is 11.1 Å². The molecule has 1 amide bonds. The fraction of sp³-hybridized carbons (Fsp3) is 0.417. The standard InChI is InChI=1S/C12H18N4O/c1-5-14-16(4)10-8-6-7-9(15-10)12(2,3)11(13)17/h5-8H,1-4H3,(H2,13,17)/b14-5-. The maximum atomic E-state index is 11.4. The lowest BCUT2D eigenvalue weighted by Crippen LogP contribution is -2.36. The topological polar surface area (TPSA) is 71.6 Å². The van der Waals surface area contributed by atoms with Crippen molar-refractivity contribution < 1.29 is 4.79 Å². The quantitative estimate of drug-likeness (QED) is 0.630. The second-order valence-corrected chi connectivity index (χ2v) is 4.27. The van der Waals surface area contributed by atoms with Crippen molar-refractivity contribution in [2.75, 3.05) is 12.1 Å². The van der Waals surface area contributed by atoms with Crippen LogP contribution in [0.15, 0.2) is 23.3 Å². The van der Waals surface area contributed by atoms with Gasteiger partial charge in [-0.1, -0.05) is 6.07 Å². The molecule has 0 spiro atoms. The first kappa shape index (κ1) is 13.2. The second kappa shape index (κ2) is 4.95. The fourth-order valence-corrected chi connectivity index (χ4v) is 1.31. The molecular formula is C12H18N4O. The summed E-state index contributed by atoms with van der Waals surface area (Å²) in [6, 6.07) is 5.45. The molecule has 0 saturated carbocycles. The highest BCUT2D eigenvalue weighted by Crippen LogP contribution is 2.22. The van der Waals surface area contributed by atoms with Crippen LogP contribution in [-0.4, -0.2) is 24.2 Å². The third kappa shape index (κ3) is 2.81. The summed E-state index contributed by atoms with van der Waals surface area (Å²) < 4.78 is 0. The van der Waals surface area contributed by atoms with Gasteiger partial charge in [0.2, 0.25) is 5.91 Å². The molecule has 92 valence electrons. The molecule has 0 aliphatic carbocycles. The minimum Gasteiger partial charge on any atom is -0.369 e. The zero-order chi connectivity index (χ0) is 13.1. The van der Waals surface area contributed by atoms with Gasteiger partial charge >= 0.3 is 0 Å². The molecule has 1 rings (SSSR count). The number of carbonyl (C=O) groups is 1. The van der Waals surface area contributed by atoms with E-state index in [4.69, 9.17) is 5.73 Å². The number of hydrogen-bond acceptors (Lipinski definition) is 4. The smallest absolute Gasteiger partial charge is 0.229 e. The Morgan fingerprint density at radius 2 is 2.18 bits per heavy atom. The largest absolute Gasteiger partial charge is 0.369 e. The van der Waals surface area contributed by atoms with Gasteiger partial charge in [-0.15, -0.1) is 0 Å². The van der Waals surface area contributed by atoms with Crippen molar-refractivity contribution in [1.29, 1.82) is 0 Å². The van der Waals surface area contributed by atoms with Gasteiger partial charge in [-0.25, -0.2) is 4.98 Å². The fourth-order valence-electron chi connectivity index (χ4n) is 1.31.